The van der Waals surface area contributed by atoms with Gasteiger partial charge < -0.3 is 20.1 Å². The number of alkyl halides is 3. The summed E-state index contributed by atoms with van der Waals surface area (Å²) in [5.41, 5.74) is 5.48. The summed E-state index contributed by atoms with van der Waals surface area (Å²) >= 11 is 1.49. The van der Waals surface area contributed by atoms with E-state index in [1.54, 1.807) is 5.51 Å². The van der Waals surface area contributed by atoms with Crippen molar-refractivity contribution < 1.29 is 32.6 Å². The molecule has 0 radical (unpaired) electrons. The molecule has 216 valence electrons. The van der Waals surface area contributed by atoms with E-state index < -0.39 is 12.1 Å². The Morgan fingerprint density at radius 3 is 2.56 bits per heavy atom. The van der Waals surface area contributed by atoms with Gasteiger partial charge in [0.1, 0.15) is 12.4 Å². The molecule has 1 saturated heterocycles. The molecule has 1 amide bonds. The maximum Gasteiger partial charge on any atom is 0.490 e. The molecule has 1 aliphatic rings. The molecule has 41 heavy (non-hydrogen) atoms. The predicted octanol–water partition coefficient (Wildman–Crippen LogP) is 5.92. The van der Waals surface area contributed by atoms with Gasteiger partial charge in [-0.15, -0.1) is 11.3 Å². The number of aliphatic carboxylic acids is 1. The number of carboxylic acids is 1. The van der Waals surface area contributed by atoms with Crippen LogP contribution in [0.5, 0.6) is 0 Å². The molecule has 1 aliphatic heterocycles. The number of para-hydroxylation sites is 1. The molecule has 4 heterocycles. The number of piperidine rings is 1. The van der Waals surface area contributed by atoms with Crippen LogP contribution in [-0.4, -0.2) is 57.9 Å². The minimum atomic E-state index is -5.08. The topological polar surface area (TPSA) is 118 Å². The Hall–Kier alpha value is -4.26. The quantitative estimate of drug-likeness (QED) is 0.274. The van der Waals surface area contributed by atoms with Gasteiger partial charge in [0, 0.05) is 42.2 Å². The molecule has 13 heteroatoms. The number of fused-ring (bicyclic) bond motifs is 1. The SMILES string of the molecule is O=C(NCCC1CCN(c2cccc(-c3cnc4ccccc4c3)n2)CC1)OCc1cscn1.O=C(O)C(F)(F)F. The number of carbonyl (C=O) groups is 2. The third-order valence-electron chi connectivity index (χ3n) is 6.46. The first-order chi connectivity index (χ1) is 19.7. The number of thiazole rings is 1. The lowest BCUT2D eigenvalue weighted by Crippen LogP contribution is -2.35. The van der Waals surface area contributed by atoms with E-state index in [1.165, 1.54) is 11.3 Å². The summed E-state index contributed by atoms with van der Waals surface area (Å²) in [5, 5.41) is 13.0. The number of halogens is 3. The highest BCUT2D eigenvalue weighted by Crippen LogP contribution is 2.27. The molecule has 1 fully saturated rings. The third-order valence-corrected chi connectivity index (χ3v) is 7.09. The molecule has 0 aliphatic carbocycles. The highest BCUT2D eigenvalue weighted by atomic mass is 32.1. The minimum absolute atomic E-state index is 0.217. The van der Waals surface area contributed by atoms with Crippen LogP contribution >= 0.6 is 11.3 Å². The second-order valence-corrected chi connectivity index (χ2v) is 10.0. The van der Waals surface area contributed by atoms with Gasteiger partial charge in [-0.2, -0.15) is 13.2 Å². The van der Waals surface area contributed by atoms with Gasteiger partial charge >= 0.3 is 18.2 Å². The highest BCUT2D eigenvalue weighted by molar-refractivity contribution is 7.07. The van der Waals surface area contributed by atoms with Gasteiger partial charge in [0.15, 0.2) is 0 Å². The number of ether oxygens (including phenoxy) is 1. The first-order valence-corrected chi connectivity index (χ1v) is 13.8. The van der Waals surface area contributed by atoms with Gasteiger partial charge in [-0.25, -0.2) is 19.6 Å². The fraction of sp³-hybridized carbons (Fsp3) is 0.321. The van der Waals surface area contributed by atoms with Gasteiger partial charge in [-0.05, 0) is 49.4 Å². The number of nitrogens with zero attached hydrogens (tertiary/aromatic N) is 4. The second kappa shape index (κ2) is 13.9. The predicted molar refractivity (Wildman–Crippen MR) is 149 cm³/mol. The molecule has 0 atom stereocenters. The number of nitrogens with one attached hydrogen (secondary N) is 1. The molecule has 3 aromatic heterocycles. The summed E-state index contributed by atoms with van der Waals surface area (Å²) < 4.78 is 36.9. The molecule has 4 aromatic rings. The lowest BCUT2D eigenvalue weighted by molar-refractivity contribution is -0.192. The Kier molecular flexibility index (Phi) is 10.1. The molecule has 5 rings (SSSR count). The summed E-state index contributed by atoms with van der Waals surface area (Å²) in [6.07, 6.45) is -0.446. The van der Waals surface area contributed by atoms with Crippen LogP contribution in [0.3, 0.4) is 0 Å². The van der Waals surface area contributed by atoms with E-state index >= 15 is 0 Å². The lowest BCUT2D eigenvalue weighted by atomic mass is 9.93. The van der Waals surface area contributed by atoms with E-state index in [0.717, 1.165) is 66.0 Å². The number of benzene rings is 1. The van der Waals surface area contributed by atoms with Crippen LogP contribution in [-0.2, 0) is 16.1 Å². The monoisotopic (exact) mass is 587 g/mol. The van der Waals surface area contributed by atoms with E-state index in [9.17, 15) is 18.0 Å². The zero-order valence-electron chi connectivity index (χ0n) is 21.9. The first kappa shape index (κ1) is 29.7. The zero-order chi connectivity index (χ0) is 29.2. The molecule has 0 saturated carbocycles. The molecular weight excluding hydrogens is 559 g/mol. The van der Waals surface area contributed by atoms with Gasteiger partial charge in [0.2, 0.25) is 0 Å². The van der Waals surface area contributed by atoms with Gasteiger partial charge in [0.05, 0.1) is 22.4 Å². The van der Waals surface area contributed by atoms with Gasteiger partial charge in [0.25, 0.3) is 0 Å². The highest BCUT2D eigenvalue weighted by Gasteiger charge is 2.38. The molecule has 9 nitrogen and oxygen atoms in total. The Balaban J connectivity index is 0.000000493. The van der Waals surface area contributed by atoms with Crippen LogP contribution < -0.4 is 10.2 Å². The normalized spacial score (nSPS) is 13.8. The summed E-state index contributed by atoms with van der Waals surface area (Å²) in [6.45, 7) is 2.77. The average Bonchev–Trinajstić information content (AvgIpc) is 3.50. The van der Waals surface area contributed by atoms with Crippen molar-refractivity contribution in [3.05, 3.63) is 71.3 Å². The van der Waals surface area contributed by atoms with Crippen LogP contribution in [0.25, 0.3) is 22.2 Å². The maximum atomic E-state index is 11.9. The van der Waals surface area contributed by atoms with E-state index in [1.807, 2.05) is 35.8 Å². The number of rotatable bonds is 7. The molecule has 2 N–H and O–H groups in total. The van der Waals surface area contributed by atoms with Gasteiger partial charge in [-0.3, -0.25) is 4.98 Å². The number of aromatic nitrogens is 3. The van der Waals surface area contributed by atoms with Crippen LogP contribution in [0.4, 0.5) is 23.8 Å². The molecule has 0 unspecified atom stereocenters. The number of amides is 1. The largest absolute Gasteiger partial charge is 0.490 e. The van der Waals surface area contributed by atoms with Crippen molar-refractivity contribution in [1.82, 2.24) is 20.3 Å². The molecule has 0 bridgehead atoms. The fourth-order valence-electron chi connectivity index (χ4n) is 4.30. The van der Waals surface area contributed by atoms with Crippen LogP contribution in [0, 0.1) is 5.92 Å². The average molecular weight is 588 g/mol. The van der Waals surface area contributed by atoms with Crippen molar-refractivity contribution in [2.75, 3.05) is 24.5 Å². The van der Waals surface area contributed by atoms with E-state index in [2.05, 4.69) is 44.5 Å². The fourth-order valence-corrected chi connectivity index (χ4v) is 4.84. The van der Waals surface area contributed by atoms with Crippen LogP contribution in [0.1, 0.15) is 25.0 Å². The summed E-state index contributed by atoms with van der Waals surface area (Å²) in [4.78, 5) is 36.7. The Morgan fingerprint density at radius 1 is 1.10 bits per heavy atom. The van der Waals surface area contributed by atoms with Crippen molar-refractivity contribution in [2.24, 2.45) is 5.92 Å². The van der Waals surface area contributed by atoms with Crippen LogP contribution in [0.2, 0.25) is 0 Å². The number of hydrogen-bond acceptors (Lipinski definition) is 8. The summed E-state index contributed by atoms with van der Waals surface area (Å²) in [6, 6.07) is 16.5. The van der Waals surface area contributed by atoms with E-state index in [4.69, 9.17) is 19.6 Å². The summed E-state index contributed by atoms with van der Waals surface area (Å²) in [5.74, 6) is -1.16. The zero-order valence-corrected chi connectivity index (χ0v) is 22.7. The number of carbonyl (C=O) groups excluding carboxylic acids is 1. The summed E-state index contributed by atoms with van der Waals surface area (Å²) in [7, 11) is 0. The molecule has 0 spiro atoms. The number of pyridine rings is 2. The smallest absolute Gasteiger partial charge is 0.475 e. The lowest BCUT2D eigenvalue weighted by Gasteiger charge is -2.33. The number of alkyl carbamates (subject to hydrolysis) is 1. The molecular formula is C28H28F3N5O4S. The third kappa shape index (κ3) is 8.87. The van der Waals surface area contributed by atoms with Crippen molar-refractivity contribution in [2.45, 2.75) is 32.0 Å². The minimum Gasteiger partial charge on any atom is -0.475 e. The number of hydrogen-bond donors (Lipinski definition) is 2. The van der Waals surface area contributed by atoms with Gasteiger partial charge in [-0.1, -0.05) is 24.3 Å². The number of anilines is 1. The Morgan fingerprint density at radius 2 is 1.85 bits per heavy atom. The Bertz CT molecular complexity index is 1440. The van der Waals surface area contributed by atoms with Crippen molar-refractivity contribution >= 4 is 40.1 Å². The van der Waals surface area contributed by atoms with Crippen molar-refractivity contribution in [3.8, 4) is 11.3 Å². The van der Waals surface area contributed by atoms with E-state index in [-0.39, 0.29) is 12.7 Å². The molecule has 1 aromatic carbocycles. The van der Waals surface area contributed by atoms with Crippen LogP contribution in [0.15, 0.2) is 65.6 Å². The first-order valence-electron chi connectivity index (χ1n) is 12.8. The van der Waals surface area contributed by atoms with E-state index in [0.29, 0.717) is 12.5 Å². The Labute approximate surface area is 238 Å². The van der Waals surface area contributed by atoms with Crippen molar-refractivity contribution in [1.29, 1.82) is 0 Å². The standard InChI is InChI=1S/C26H27N5O2S.C2HF3O2/c32-26(33-16-22-17-34-18-29-22)27-11-8-19-9-12-31(13-10-19)25-7-3-6-24(30-25)21-14-20-4-1-2-5-23(20)28-15-21;3-2(4,5)1(6)7/h1-7,14-15,17-19H,8-13,16H2,(H,27,32);(H,6,7). The van der Waals surface area contributed by atoms with Crippen molar-refractivity contribution in [3.63, 3.8) is 0 Å². The second-order valence-electron chi connectivity index (χ2n) is 9.30. The number of carboxylic acid groups (broad SMARTS) is 1. The maximum absolute atomic E-state index is 11.9.